The molecule has 2 aliphatic heterocycles. The van der Waals surface area contributed by atoms with Crippen LogP contribution in [0.25, 0.3) is 0 Å². The van der Waals surface area contributed by atoms with Crippen LogP contribution in [0, 0.1) is 5.92 Å². The van der Waals surface area contributed by atoms with Crippen LogP contribution in [-0.2, 0) is 17.8 Å². The van der Waals surface area contributed by atoms with Crippen LogP contribution < -0.4 is 24.6 Å². The molecule has 1 fully saturated rings. The molecule has 0 unspecified atom stereocenters. The van der Waals surface area contributed by atoms with Crippen molar-refractivity contribution in [3.05, 3.63) is 78.1 Å². The number of hydrogen-bond donors (Lipinski definition) is 1. The van der Waals surface area contributed by atoms with Crippen molar-refractivity contribution in [2.45, 2.75) is 19.0 Å². The summed E-state index contributed by atoms with van der Waals surface area (Å²) in [6.45, 7) is 2.90. The third-order valence-electron chi connectivity index (χ3n) is 6.90. The van der Waals surface area contributed by atoms with E-state index in [4.69, 9.17) is 9.47 Å². The molecule has 1 aromatic heterocycles. The number of benzene rings is 2. The summed E-state index contributed by atoms with van der Waals surface area (Å²) in [7, 11) is 3.39. The average molecular weight is 459 g/mol. The van der Waals surface area contributed by atoms with Gasteiger partial charge in [-0.25, -0.2) is 0 Å². The van der Waals surface area contributed by atoms with Crippen molar-refractivity contribution < 1.29 is 14.3 Å². The molecular formula is C27H30N4O3. The Morgan fingerprint density at radius 2 is 1.85 bits per heavy atom. The number of piperazine rings is 1. The summed E-state index contributed by atoms with van der Waals surface area (Å²) in [6, 6.07) is 18.2. The van der Waals surface area contributed by atoms with Crippen LogP contribution in [-0.4, -0.2) is 50.8 Å². The summed E-state index contributed by atoms with van der Waals surface area (Å²) in [6.07, 6.45) is 4.20. The van der Waals surface area contributed by atoms with E-state index in [0.29, 0.717) is 13.0 Å². The lowest BCUT2D eigenvalue weighted by molar-refractivity contribution is -0.126. The maximum atomic E-state index is 13.5. The fourth-order valence-electron chi connectivity index (χ4n) is 5.14. The highest BCUT2D eigenvalue weighted by atomic mass is 16.5. The number of para-hydroxylation sites is 2. The van der Waals surface area contributed by atoms with Crippen LogP contribution in [0.2, 0.25) is 0 Å². The first-order valence-electron chi connectivity index (χ1n) is 11.7. The van der Waals surface area contributed by atoms with E-state index in [1.807, 2.05) is 36.4 Å². The van der Waals surface area contributed by atoms with Crippen LogP contribution in [0.5, 0.6) is 11.5 Å². The molecule has 0 bridgehead atoms. The van der Waals surface area contributed by atoms with Crippen molar-refractivity contribution >= 4 is 17.3 Å². The molecule has 3 aromatic rings. The molecule has 3 heterocycles. The van der Waals surface area contributed by atoms with E-state index in [1.54, 1.807) is 26.6 Å². The van der Waals surface area contributed by atoms with Crippen LogP contribution >= 0.6 is 0 Å². The van der Waals surface area contributed by atoms with Crippen LogP contribution in [0.15, 0.2) is 67.0 Å². The lowest BCUT2D eigenvalue weighted by Gasteiger charge is -2.49. The Morgan fingerprint density at radius 1 is 1.03 bits per heavy atom. The van der Waals surface area contributed by atoms with Crippen molar-refractivity contribution in [3.63, 3.8) is 0 Å². The van der Waals surface area contributed by atoms with Gasteiger partial charge in [-0.05, 0) is 47.9 Å². The van der Waals surface area contributed by atoms with Crippen LogP contribution in [0.4, 0.5) is 11.4 Å². The molecule has 0 aliphatic carbocycles. The smallest absolute Gasteiger partial charge is 0.225 e. The van der Waals surface area contributed by atoms with Gasteiger partial charge in [0.1, 0.15) is 11.5 Å². The fourth-order valence-corrected chi connectivity index (χ4v) is 5.14. The zero-order chi connectivity index (χ0) is 23.5. The summed E-state index contributed by atoms with van der Waals surface area (Å²) in [5.74, 6) is 1.60. The SMILES string of the molecule is COc1ccc2c(c1)N1CCN(c3ccccc3OC)C[C@@H]1[C@@H](C(=O)NCc1ccncc1)C2. The number of carbonyl (C=O) groups is 1. The molecule has 2 aromatic carbocycles. The number of nitrogens with one attached hydrogen (secondary N) is 1. The molecule has 0 radical (unpaired) electrons. The molecule has 0 spiro atoms. The first-order chi connectivity index (χ1) is 16.7. The molecule has 1 amide bonds. The van der Waals surface area contributed by atoms with Gasteiger partial charge in [-0.2, -0.15) is 0 Å². The van der Waals surface area contributed by atoms with Gasteiger partial charge < -0.3 is 24.6 Å². The Morgan fingerprint density at radius 3 is 2.65 bits per heavy atom. The molecule has 176 valence electrons. The first-order valence-corrected chi connectivity index (χ1v) is 11.7. The van der Waals surface area contributed by atoms with Crippen molar-refractivity contribution in [2.24, 2.45) is 5.92 Å². The van der Waals surface area contributed by atoms with Crippen LogP contribution in [0.3, 0.4) is 0 Å². The highest BCUT2D eigenvalue weighted by molar-refractivity contribution is 5.82. The van der Waals surface area contributed by atoms with Crippen molar-refractivity contribution in [1.82, 2.24) is 10.3 Å². The summed E-state index contributed by atoms with van der Waals surface area (Å²) < 4.78 is 11.1. The van der Waals surface area contributed by atoms with E-state index < -0.39 is 0 Å². The second-order valence-corrected chi connectivity index (χ2v) is 8.76. The van der Waals surface area contributed by atoms with Gasteiger partial charge in [-0.3, -0.25) is 9.78 Å². The van der Waals surface area contributed by atoms with E-state index in [9.17, 15) is 4.79 Å². The summed E-state index contributed by atoms with van der Waals surface area (Å²) >= 11 is 0. The minimum Gasteiger partial charge on any atom is -0.497 e. The summed E-state index contributed by atoms with van der Waals surface area (Å²) in [4.78, 5) is 22.3. The first kappa shape index (κ1) is 22.1. The van der Waals surface area contributed by atoms with Gasteiger partial charge in [0, 0.05) is 50.3 Å². The van der Waals surface area contributed by atoms with E-state index in [2.05, 4.69) is 38.3 Å². The maximum absolute atomic E-state index is 13.5. The largest absolute Gasteiger partial charge is 0.497 e. The number of fused-ring (bicyclic) bond motifs is 3. The number of rotatable bonds is 6. The van der Waals surface area contributed by atoms with Gasteiger partial charge in [0.2, 0.25) is 5.91 Å². The molecule has 7 heteroatoms. The van der Waals surface area contributed by atoms with Gasteiger partial charge in [0.25, 0.3) is 0 Å². The number of hydrogen-bond acceptors (Lipinski definition) is 6. The van der Waals surface area contributed by atoms with Crippen molar-refractivity contribution in [1.29, 1.82) is 0 Å². The number of nitrogens with zero attached hydrogens (tertiary/aromatic N) is 3. The number of aromatic nitrogens is 1. The number of ether oxygens (including phenoxy) is 2. The number of pyridine rings is 1. The number of carbonyl (C=O) groups excluding carboxylic acids is 1. The Kier molecular flexibility index (Phi) is 6.25. The lowest BCUT2D eigenvalue weighted by atomic mass is 9.83. The summed E-state index contributed by atoms with van der Waals surface area (Å²) in [5, 5.41) is 3.17. The van der Waals surface area contributed by atoms with Gasteiger partial charge in [0.05, 0.1) is 31.9 Å². The molecule has 1 N–H and O–H groups in total. The molecule has 1 saturated heterocycles. The quantitative estimate of drug-likeness (QED) is 0.612. The van der Waals surface area contributed by atoms with Gasteiger partial charge >= 0.3 is 0 Å². The predicted octanol–water partition coefficient (Wildman–Crippen LogP) is 3.28. The lowest BCUT2D eigenvalue weighted by Crippen LogP contribution is -2.61. The fraction of sp³-hybridized carbons (Fsp3) is 0.333. The molecule has 2 atom stereocenters. The molecule has 2 aliphatic rings. The highest BCUT2D eigenvalue weighted by Crippen LogP contribution is 2.40. The van der Waals surface area contributed by atoms with Gasteiger partial charge in [-0.15, -0.1) is 0 Å². The third kappa shape index (κ3) is 4.25. The van der Waals surface area contributed by atoms with E-state index >= 15 is 0 Å². The Bertz CT molecular complexity index is 1150. The minimum atomic E-state index is -0.166. The average Bonchev–Trinajstić information content (AvgIpc) is 2.91. The second-order valence-electron chi connectivity index (χ2n) is 8.76. The van der Waals surface area contributed by atoms with Gasteiger partial charge in [0.15, 0.2) is 0 Å². The standard InChI is InChI=1S/C27H30N4O3/c1-33-21-8-7-20-15-22(27(32)29-17-19-9-11-28-12-10-19)25-18-30(13-14-31(25)24(20)16-21)23-5-3-4-6-26(23)34-2/h3-12,16,22,25H,13-15,17-18H2,1-2H3,(H,29,32)/t22-,25+/m0/s1. The zero-order valence-corrected chi connectivity index (χ0v) is 19.6. The number of amides is 1. The molecule has 0 saturated carbocycles. The maximum Gasteiger partial charge on any atom is 0.225 e. The second kappa shape index (κ2) is 9.63. The summed E-state index contributed by atoms with van der Waals surface area (Å²) in [5.41, 5.74) is 4.46. The minimum absolute atomic E-state index is 0.0377. The molecule has 7 nitrogen and oxygen atoms in total. The highest BCUT2D eigenvalue weighted by Gasteiger charge is 2.42. The zero-order valence-electron chi connectivity index (χ0n) is 19.6. The Hall–Kier alpha value is -3.74. The topological polar surface area (TPSA) is 66.9 Å². The van der Waals surface area contributed by atoms with Crippen molar-refractivity contribution in [3.8, 4) is 11.5 Å². The Balaban J connectivity index is 1.44. The van der Waals surface area contributed by atoms with E-state index in [1.165, 1.54) is 11.3 Å². The normalized spacial score (nSPS) is 19.1. The molecule has 5 rings (SSSR count). The van der Waals surface area contributed by atoms with E-state index in [-0.39, 0.29) is 17.9 Å². The van der Waals surface area contributed by atoms with E-state index in [0.717, 1.165) is 42.4 Å². The number of anilines is 2. The molecular weight excluding hydrogens is 428 g/mol. The van der Waals surface area contributed by atoms with Crippen molar-refractivity contribution in [2.75, 3.05) is 43.7 Å². The predicted molar refractivity (Wildman–Crippen MR) is 133 cm³/mol. The van der Waals surface area contributed by atoms with Crippen LogP contribution in [0.1, 0.15) is 11.1 Å². The number of methoxy groups -OCH3 is 2. The monoisotopic (exact) mass is 458 g/mol. The third-order valence-corrected chi connectivity index (χ3v) is 6.90. The Labute approximate surface area is 200 Å². The molecule has 34 heavy (non-hydrogen) atoms. The van der Waals surface area contributed by atoms with Gasteiger partial charge in [-0.1, -0.05) is 18.2 Å².